The fourth-order valence-electron chi connectivity index (χ4n) is 1.60. The van der Waals surface area contributed by atoms with E-state index in [0.29, 0.717) is 5.56 Å². The molecule has 2 aromatic rings. The van der Waals surface area contributed by atoms with Crippen LogP contribution in [0, 0.1) is 0 Å². The van der Waals surface area contributed by atoms with Crippen molar-refractivity contribution in [3.05, 3.63) is 65.7 Å². The minimum Gasteiger partial charge on any atom is -0.508 e. The molecule has 0 aliphatic heterocycles. The molecule has 0 radical (unpaired) electrons. The number of carbonyl (C=O) groups excluding carboxylic acids is 1. The van der Waals surface area contributed by atoms with Crippen LogP contribution >= 0.6 is 0 Å². The van der Waals surface area contributed by atoms with Crippen LogP contribution in [0.2, 0.25) is 0 Å². The van der Waals surface area contributed by atoms with Gasteiger partial charge in [0.2, 0.25) is 0 Å². The second-order valence-corrected chi connectivity index (χ2v) is 4.04. The summed E-state index contributed by atoms with van der Waals surface area (Å²) in [5.41, 5.74) is 1.58. The van der Waals surface area contributed by atoms with E-state index in [-0.39, 0.29) is 18.9 Å². The molecule has 4 heteroatoms. The zero-order valence-corrected chi connectivity index (χ0v) is 10.4. The Morgan fingerprint density at radius 1 is 1.05 bits per heavy atom. The number of nitrogens with one attached hydrogen (secondary N) is 1. The molecular formula is C15H15NO3. The van der Waals surface area contributed by atoms with E-state index in [2.05, 4.69) is 5.32 Å². The summed E-state index contributed by atoms with van der Waals surface area (Å²) in [6, 6.07) is 16.3. The number of phenolic OH excluding ortho intramolecular Hbond substituents is 1. The molecule has 0 unspecified atom stereocenters. The van der Waals surface area contributed by atoms with E-state index < -0.39 is 6.09 Å². The number of hydrogen-bond acceptors (Lipinski definition) is 3. The molecule has 2 N–H and O–H groups in total. The van der Waals surface area contributed by atoms with E-state index >= 15 is 0 Å². The van der Waals surface area contributed by atoms with Crippen LogP contribution in [-0.4, -0.2) is 11.2 Å². The molecule has 0 spiro atoms. The van der Waals surface area contributed by atoms with Gasteiger partial charge in [-0.3, -0.25) is 0 Å². The van der Waals surface area contributed by atoms with Gasteiger partial charge >= 0.3 is 6.09 Å². The summed E-state index contributed by atoms with van der Waals surface area (Å²) in [4.78, 5) is 11.5. The third-order valence-electron chi connectivity index (χ3n) is 2.63. The Hall–Kier alpha value is -2.49. The van der Waals surface area contributed by atoms with Crippen LogP contribution in [0.25, 0.3) is 0 Å². The van der Waals surface area contributed by atoms with Crippen molar-refractivity contribution in [2.24, 2.45) is 0 Å². The van der Waals surface area contributed by atoms with Crippen LogP contribution in [0.4, 0.5) is 4.79 Å². The second kappa shape index (κ2) is 6.44. The van der Waals surface area contributed by atoms with E-state index in [1.54, 1.807) is 24.3 Å². The number of alkyl carbamates (subject to hydrolysis) is 1. The molecule has 0 aliphatic carbocycles. The molecule has 2 rings (SSSR count). The summed E-state index contributed by atoms with van der Waals surface area (Å²) in [7, 11) is 0. The minimum absolute atomic E-state index is 0.158. The lowest BCUT2D eigenvalue weighted by atomic mass is 10.2. The number of phenols is 1. The number of ether oxygens (including phenoxy) is 1. The van der Waals surface area contributed by atoms with Crippen LogP contribution in [0.5, 0.6) is 5.75 Å². The first-order valence-electron chi connectivity index (χ1n) is 5.97. The van der Waals surface area contributed by atoms with Gasteiger partial charge in [0.05, 0.1) is 0 Å². The topological polar surface area (TPSA) is 58.6 Å². The second-order valence-electron chi connectivity index (χ2n) is 4.04. The van der Waals surface area contributed by atoms with Gasteiger partial charge < -0.3 is 15.2 Å². The van der Waals surface area contributed by atoms with Crippen LogP contribution in [0.15, 0.2) is 54.6 Å². The Kier molecular flexibility index (Phi) is 4.39. The number of benzene rings is 2. The average molecular weight is 257 g/mol. The molecule has 0 heterocycles. The molecule has 0 bridgehead atoms. The maximum atomic E-state index is 11.5. The van der Waals surface area contributed by atoms with Gasteiger partial charge in [-0.25, -0.2) is 4.79 Å². The fourth-order valence-corrected chi connectivity index (χ4v) is 1.60. The quantitative estimate of drug-likeness (QED) is 0.885. The Labute approximate surface area is 111 Å². The molecule has 2 aromatic carbocycles. The van der Waals surface area contributed by atoms with Gasteiger partial charge in [-0.1, -0.05) is 48.5 Å². The summed E-state index contributed by atoms with van der Waals surface area (Å²) >= 11 is 0. The van der Waals surface area contributed by atoms with Crippen molar-refractivity contribution in [1.82, 2.24) is 5.32 Å². The Bertz CT molecular complexity index is 540. The molecule has 1 amide bonds. The van der Waals surface area contributed by atoms with Crippen molar-refractivity contribution in [1.29, 1.82) is 0 Å². The van der Waals surface area contributed by atoms with E-state index in [1.165, 1.54) is 0 Å². The van der Waals surface area contributed by atoms with Crippen LogP contribution in [0.1, 0.15) is 11.1 Å². The van der Waals surface area contributed by atoms with Crippen molar-refractivity contribution in [3.63, 3.8) is 0 Å². The zero-order chi connectivity index (χ0) is 13.5. The number of carbonyl (C=O) groups is 1. The van der Waals surface area contributed by atoms with E-state index in [4.69, 9.17) is 4.74 Å². The molecule has 19 heavy (non-hydrogen) atoms. The predicted molar refractivity (Wildman–Crippen MR) is 71.6 cm³/mol. The highest BCUT2D eigenvalue weighted by molar-refractivity contribution is 5.67. The minimum atomic E-state index is -0.507. The van der Waals surface area contributed by atoms with Crippen molar-refractivity contribution >= 4 is 6.09 Å². The molecule has 98 valence electrons. The van der Waals surface area contributed by atoms with E-state index in [1.807, 2.05) is 30.3 Å². The van der Waals surface area contributed by atoms with Crippen LogP contribution < -0.4 is 5.32 Å². The standard InChI is InChI=1S/C15H15NO3/c17-14-9-5-4-8-13(14)10-16-15(18)19-11-12-6-2-1-3-7-12/h1-9,17H,10-11H2,(H,16,18). The van der Waals surface area contributed by atoms with Crippen LogP contribution in [0.3, 0.4) is 0 Å². The summed E-state index contributed by atoms with van der Waals surface area (Å²) in [6.07, 6.45) is -0.507. The van der Waals surface area contributed by atoms with Gasteiger partial charge in [-0.15, -0.1) is 0 Å². The average Bonchev–Trinajstić information content (AvgIpc) is 2.45. The first-order valence-corrected chi connectivity index (χ1v) is 5.97. The maximum Gasteiger partial charge on any atom is 0.407 e. The molecule has 0 aromatic heterocycles. The number of para-hydroxylation sites is 1. The zero-order valence-electron chi connectivity index (χ0n) is 10.4. The van der Waals surface area contributed by atoms with Gasteiger partial charge in [-0.2, -0.15) is 0 Å². The van der Waals surface area contributed by atoms with Gasteiger partial charge in [-0.05, 0) is 11.6 Å². The van der Waals surface area contributed by atoms with Crippen molar-refractivity contribution in [2.45, 2.75) is 13.2 Å². The Balaban J connectivity index is 1.78. The van der Waals surface area contributed by atoms with Gasteiger partial charge in [0, 0.05) is 12.1 Å². The van der Waals surface area contributed by atoms with E-state index in [9.17, 15) is 9.90 Å². The van der Waals surface area contributed by atoms with Gasteiger partial charge in [0.1, 0.15) is 12.4 Å². The first kappa shape index (κ1) is 13.0. The fraction of sp³-hybridized carbons (Fsp3) is 0.133. The molecule has 0 aliphatic rings. The maximum absolute atomic E-state index is 11.5. The van der Waals surface area contributed by atoms with Crippen molar-refractivity contribution in [3.8, 4) is 5.75 Å². The molecule has 4 nitrogen and oxygen atoms in total. The molecular weight excluding hydrogens is 242 g/mol. The van der Waals surface area contributed by atoms with Gasteiger partial charge in [0.15, 0.2) is 0 Å². The number of amides is 1. The monoisotopic (exact) mass is 257 g/mol. The highest BCUT2D eigenvalue weighted by atomic mass is 16.5. The predicted octanol–water partition coefficient (Wildman–Crippen LogP) is 2.82. The lowest BCUT2D eigenvalue weighted by molar-refractivity contribution is 0.139. The SMILES string of the molecule is O=C(NCc1ccccc1O)OCc1ccccc1. The normalized spacial score (nSPS) is 9.89. The first-order chi connectivity index (χ1) is 9.25. The third-order valence-corrected chi connectivity index (χ3v) is 2.63. The largest absolute Gasteiger partial charge is 0.508 e. The van der Waals surface area contributed by atoms with E-state index in [0.717, 1.165) is 5.56 Å². The summed E-state index contributed by atoms with van der Waals surface area (Å²) < 4.78 is 5.06. The summed E-state index contributed by atoms with van der Waals surface area (Å²) in [6.45, 7) is 0.466. The lowest BCUT2D eigenvalue weighted by Gasteiger charge is -2.08. The Morgan fingerprint density at radius 3 is 2.47 bits per heavy atom. The highest BCUT2D eigenvalue weighted by Gasteiger charge is 2.04. The van der Waals surface area contributed by atoms with Crippen molar-refractivity contribution in [2.75, 3.05) is 0 Å². The van der Waals surface area contributed by atoms with Crippen molar-refractivity contribution < 1.29 is 14.6 Å². The summed E-state index contributed by atoms with van der Waals surface area (Å²) in [5.74, 6) is 0.158. The summed E-state index contributed by atoms with van der Waals surface area (Å²) in [5, 5.41) is 12.1. The third kappa shape index (κ3) is 4.03. The van der Waals surface area contributed by atoms with Gasteiger partial charge in [0.25, 0.3) is 0 Å². The Morgan fingerprint density at radius 2 is 1.74 bits per heavy atom. The number of aromatic hydroxyl groups is 1. The number of hydrogen-bond donors (Lipinski definition) is 2. The molecule has 0 saturated heterocycles. The smallest absolute Gasteiger partial charge is 0.407 e. The molecule has 0 saturated carbocycles. The number of rotatable bonds is 4. The molecule has 0 fully saturated rings. The van der Waals surface area contributed by atoms with Crippen LogP contribution in [-0.2, 0) is 17.9 Å². The molecule has 0 atom stereocenters. The lowest BCUT2D eigenvalue weighted by Crippen LogP contribution is -2.23. The highest BCUT2D eigenvalue weighted by Crippen LogP contribution is 2.14.